The molecule has 4 aliphatic rings. The smallest absolute Gasteiger partial charge is 0.262 e. The van der Waals surface area contributed by atoms with Crippen molar-refractivity contribution in [1.29, 1.82) is 0 Å². The van der Waals surface area contributed by atoms with Gasteiger partial charge in [0.05, 0.1) is 11.1 Å². The molecule has 4 heterocycles. The zero-order chi connectivity index (χ0) is 20.8. The van der Waals surface area contributed by atoms with E-state index in [-0.39, 0.29) is 18.7 Å². The standard InChI is InChI=1S/C22H26N4O4/c27-19-4-3-18(20(28)24-19)26-21(29)16-2-1-13(9-17(16)22(26)30)12-25-7-5-14(6-8-25)15-10-23-11-15/h1-2,9,14-15,18,23H,3-8,10-12H2,(H,24,27,28). The zero-order valence-corrected chi connectivity index (χ0v) is 16.9. The normalized spacial score (nSPS) is 26.0. The fourth-order valence-electron chi connectivity index (χ4n) is 5.10. The highest BCUT2D eigenvalue weighted by molar-refractivity contribution is 6.23. The van der Waals surface area contributed by atoms with Gasteiger partial charge in [0.1, 0.15) is 6.04 Å². The molecule has 0 spiro atoms. The van der Waals surface area contributed by atoms with Gasteiger partial charge in [-0.05, 0) is 75.0 Å². The topological polar surface area (TPSA) is 98.8 Å². The van der Waals surface area contributed by atoms with Crippen LogP contribution in [-0.2, 0) is 16.1 Å². The van der Waals surface area contributed by atoms with E-state index < -0.39 is 23.8 Å². The molecular formula is C22H26N4O4. The van der Waals surface area contributed by atoms with Crippen molar-refractivity contribution >= 4 is 23.6 Å². The van der Waals surface area contributed by atoms with Gasteiger partial charge in [0.15, 0.2) is 0 Å². The van der Waals surface area contributed by atoms with Crippen LogP contribution >= 0.6 is 0 Å². The summed E-state index contributed by atoms with van der Waals surface area (Å²) in [5.41, 5.74) is 1.70. The first-order valence-corrected chi connectivity index (χ1v) is 10.8. The first-order chi connectivity index (χ1) is 14.5. The first kappa shape index (κ1) is 19.4. The van der Waals surface area contributed by atoms with E-state index in [1.165, 1.54) is 12.8 Å². The Hall–Kier alpha value is -2.58. The van der Waals surface area contributed by atoms with E-state index in [4.69, 9.17) is 0 Å². The lowest BCUT2D eigenvalue weighted by molar-refractivity contribution is -0.136. The highest BCUT2D eigenvalue weighted by Gasteiger charge is 2.44. The van der Waals surface area contributed by atoms with Crippen molar-refractivity contribution in [1.82, 2.24) is 20.4 Å². The third-order valence-electron chi connectivity index (χ3n) is 7.02. The number of rotatable bonds is 4. The number of nitrogens with zero attached hydrogens (tertiary/aromatic N) is 2. The second-order valence-electron chi connectivity index (χ2n) is 8.86. The van der Waals surface area contributed by atoms with Crippen molar-refractivity contribution in [3.05, 3.63) is 34.9 Å². The van der Waals surface area contributed by atoms with Crippen LogP contribution < -0.4 is 10.6 Å². The van der Waals surface area contributed by atoms with Crippen LogP contribution in [0.3, 0.4) is 0 Å². The Bertz CT molecular complexity index is 918. The van der Waals surface area contributed by atoms with E-state index in [1.807, 2.05) is 6.07 Å². The van der Waals surface area contributed by atoms with Crippen molar-refractivity contribution in [2.45, 2.75) is 38.3 Å². The van der Waals surface area contributed by atoms with Gasteiger partial charge in [-0.2, -0.15) is 0 Å². The average Bonchev–Trinajstić information content (AvgIpc) is 2.93. The van der Waals surface area contributed by atoms with Gasteiger partial charge < -0.3 is 5.32 Å². The monoisotopic (exact) mass is 410 g/mol. The third-order valence-corrected chi connectivity index (χ3v) is 7.02. The molecule has 4 amide bonds. The fraction of sp³-hybridized carbons (Fsp3) is 0.545. The molecule has 30 heavy (non-hydrogen) atoms. The second kappa shape index (κ2) is 7.59. The number of carbonyl (C=O) groups excluding carboxylic acids is 4. The minimum absolute atomic E-state index is 0.127. The van der Waals surface area contributed by atoms with E-state index >= 15 is 0 Å². The molecule has 158 valence electrons. The number of hydrogen-bond acceptors (Lipinski definition) is 6. The number of fused-ring (bicyclic) bond motifs is 1. The highest BCUT2D eigenvalue weighted by atomic mass is 16.2. The summed E-state index contributed by atoms with van der Waals surface area (Å²) in [4.78, 5) is 52.8. The first-order valence-electron chi connectivity index (χ1n) is 10.8. The van der Waals surface area contributed by atoms with Crippen LogP contribution in [0.25, 0.3) is 0 Å². The summed E-state index contributed by atoms with van der Waals surface area (Å²) in [6, 6.07) is 4.48. The van der Waals surface area contributed by atoms with E-state index in [2.05, 4.69) is 15.5 Å². The molecule has 3 saturated heterocycles. The number of likely N-dealkylation sites (tertiary alicyclic amines) is 1. The summed E-state index contributed by atoms with van der Waals surface area (Å²) in [5.74, 6) is -0.204. The van der Waals surface area contributed by atoms with Gasteiger partial charge in [0.25, 0.3) is 11.8 Å². The van der Waals surface area contributed by atoms with Crippen molar-refractivity contribution in [2.75, 3.05) is 26.2 Å². The largest absolute Gasteiger partial charge is 0.316 e. The van der Waals surface area contributed by atoms with E-state index in [0.717, 1.165) is 55.0 Å². The number of amides is 4. The zero-order valence-electron chi connectivity index (χ0n) is 16.9. The number of nitrogens with one attached hydrogen (secondary N) is 2. The number of carbonyl (C=O) groups is 4. The van der Waals surface area contributed by atoms with Crippen molar-refractivity contribution in [3.63, 3.8) is 0 Å². The maximum atomic E-state index is 13.0. The number of benzene rings is 1. The molecule has 2 N–H and O–H groups in total. The van der Waals surface area contributed by atoms with Crippen LogP contribution in [0.4, 0.5) is 0 Å². The Morgan fingerprint density at radius 1 is 0.900 bits per heavy atom. The molecule has 4 aliphatic heterocycles. The average molecular weight is 410 g/mol. The Morgan fingerprint density at radius 3 is 2.30 bits per heavy atom. The molecule has 1 atom stereocenters. The molecule has 3 fully saturated rings. The molecule has 5 rings (SSSR count). The van der Waals surface area contributed by atoms with Crippen LogP contribution in [0.5, 0.6) is 0 Å². The maximum Gasteiger partial charge on any atom is 0.262 e. The van der Waals surface area contributed by atoms with Crippen molar-refractivity contribution < 1.29 is 19.2 Å². The lowest BCUT2D eigenvalue weighted by Gasteiger charge is -2.40. The summed E-state index contributed by atoms with van der Waals surface area (Å²) in [6.07, 6.45) is 2.71. The Kier molecular flexibility index (Phi) is 4.91. The summed E-state index contributed by atoms with van der Waals surface area (Å²) in [5, 5.41) is 5.58. The predicted octanol–water partition coefficient (Wildman–Crippen LogP) is 0.519. The van der Waals surface area contributed by atoms with Gasteiger partial charge in [0, 0.05) is 13.0 Å². The van der Waals surface area contributed by atoms with Gasteiger partial charge in [-0.3, -0.25) is 34.3 Å². The SMILES string of the molecule is O=C1CCC(N2C(=O)c3ccc(CN4CCC(C5CNC5)CC4)cc3C2=O)C(=O)N1. The molecular weight excluding hydrogens is 384 g/mol. The molecule has 0 aromatic heterocycles. The third kappa shape index (κ3) is 3.33. The van der Waals surface area contributed by atoms with E-state index in [0.29, 0.717) is 11.1 Å². The van der Waals surface area contributed by atoms with Crippen LogP contribution in [0.1, 0.15) is 52.0 Å². The van der Waals surface area contributed by atoms with Gasteiger partial charge in [-0.1, -0.05) is 6.07 Å². The van der Waals surface area contributed by atoms with Crippen molar-refractivity contribution in [3.8, 4) is 0 Å². The van der Waals surface area contributed by atoms with Crippen LogP contribution in [0, 0.1) is 11.8 Å². The van der Waals surface area contributed by atoms with Crippen LogP contribution in [0.2, 0.25) is 0 Å². The van der Waals surface area contributed by atoms with Crippen LogP contribution in [-0.4, -0.2) is 65.6 Å². The van der Waals surface area contributed by atoms with Gasteiger partial charge in [-0.25, -0.2) is 0 Å². The molecule has 1 aromatic rings. The minimum Gasteiger partial charge on any atom is -0.316 e. The number of imide groups is 2. The molecule has 1 unspecified atom stereocenters. The minimum atomic E-state index is -0.918. The lowest BCUT2D eigenvalue weighted by atomic mass is 9.81. The van der Waals surface area contributed by atoms with Crippen molar-refractivity contribution in [2.24, 2.45) is 11.8 Å². The molecule has 0 radical (unpaired) electrons. The summed E-state index contributed by atoms with van der Waals surface area (Å²) in [6.45, 7) is 5.15. The highest BCUT2D eigenvalue weighted by Crippen LogP contribution is 2.30. The molecule has 0 aliphatic carbocycles. The Labute approximate surface area is 175 Å². The number of piperidine rings is 2. The maximum absolute atomic E-state index is 13.0. The Balaban J connectivity index is 1.27. The molecule has 0 bridgehead atoms. The number of hydrogen-bond donors (Lipinski definition) is 2. The molecule has 8 heteroatoms. The van der Waals surface area contributed by atoms with Gasteiger partial charge >= 0.3 is 0 Å². The van der Waals surface area contributed by atoms with Crippen LogP contribution in [0.15, 0.2) is 18.2 Å². The Morgan fingerprint density at radius 2 is 1.63 bits per heavy atom. The fourth-order valence-corrected chi connectivity index (χ4v) is 5.10. The predicted molar refractivity (Wildman–Crippen MR) is 107 cm³/mol. The van der Waals surface area contributed by atoms with E-state index in [1.54, 1.807) is 12.1 Å². The van der Waals surface area contributed by atoms with E-state index in [9.17, 15) is 19.2 Å². The summed E-state index contributed by atoms with van der Waals surface area (Å²) in [7, 11) is 0. The molecule has 1 aromatic carbocycles. The summed E-state index contributed by atoms with van der Waals surface area (Å²) < 4.78 is 0. The quantitative estimate of drug-likeness (QED) is 0.703. The lowest BCUT2D eigenvalue weighted by Crippen LogP contribution is -2.54. The second-order valence-corrected chi connectivity index (χ2v) is 8.86. The summed E-state index contributed by atoms with van der Waals surface area (Å²) >= 11 is 0. The van der Waals surface area contributed by atoms with Gasteiger partial charge in [-0.15, -0.1) is 0 Å². The molecule has 0 saturated carbocycles. The van der Waals surface area contributed by atoms with Gasteiger partial charge in [0.2, 0.25) is 11.8 Å². The molecule has 8 nitrogen and oxygen atoms in total.